The maximum atomic E-state index is 16.5. The Hall–Kier alpha value is -3.45. The number of aromatic nitrogens is 3. The number of rotatable bonds is 12. The summed E-state index contributed by atoms with van der Waals surface area (Å²) in [5, 5.41) is 3.13. The fraction of sp³-hybridized carbons (Fsp3) is 0.536. The number of benzene rings is 1. The molecule has 0 spiro atoms. The van der Waals surface area contributed by atoms with Crippen molar-refractivity contribution in [2.45, 2.75) is 59.0 Å². The average molecular weight is 581 g/mol. The van der Waals surface area contributed by atoms with E-state index in [4.69, 9.17) is 25.7 Å². The van der Waals surface area contributed by atoms with Crippen LogP contribution in [-0.4, -0.2) is 54.0 Å². The number of hydrogen-bond donors (Lipinski definition) is 3. The van der Waals surface area contributed by atoms with Crippen LogP contribution >= 0.6 is 0 Å². The standard InChI is InChI=1S/C28H36F4N6O3/c1-5-14(3)41-26-19-24(37-27(38-25(19)35-9-8-33)40-13-16-7-10-39-12-16)22(30)23(36-26)17-11-18(34)21(29)15(4)20(17)28(31,32)6-2/h11,14,16H,5-10,12-13,33-34H2,1-4H3,(H,35,37,38). The summed E-state index contributed by atoms with van der Waals surface area (Å²) in [4.78, 5) is 13.1. The van der Waals surface area contributed by atoms with E-state index in [2.05, 4.69) is 20.3 Å². The molecule has 0 amide bonds. The van der Waals surface area contributed by atoms with Gasteiger partial charge in [-0.15, -0.1) is 0 Å². The molecule has 2 unspecified atom stereocenters. The molecular weight excluding hydrogens is 544 g/mol. The molecule has 0 saturated carbocycles. The van der Waals surface area contributed by atoms with Gasteiger partial charge in [-0.1, -0.05) is 13.8 Å². The third kappa shape index (κ3) is 6.25. The van der Waals surface area contributed by atoms with E-state index >= 15 is 13.2 Å². The summed E-state index contributed by atoms with van der Waals surface area (Å²) in [6, 6.07) is 0.834. The molecule has 5 N–H and O–H groups in total. The van der Waals surface area contributed by atoms with Crippen molar-refractivity contribution in [3.8, 4) is 23.1 Å². The van der Waals surface area contributed by atoms with Gasteiger partial charge in [0.05, 0.1) is 25.0 Å². The minimum atomic E-state index is -3.51. The zero-order valence-electron chi connectivity index (χ0n) is 23.6. The second kappa shape index (κ2) is 12.6. The van der Waals surface area contributed by atoms with Crippen molar-refractivity contribution >= 4 is 22.4 Å². The van der Waals surface area contributed by atoms with Crippen molar-refractivity contribution in [1.82, 2.24) is 15.0 Å². The molecule has 0 radical (unpaired) electrons. The summed E-state index contributed by atoms with van der Waals surface area (Å²) in [6.07, 6.45) is 0.310. The lowest BCUT2D eigenvalue weighted by Crippen LogP contribution is -2.19. The quantitative estimate of drug-likeness (QED) is 0.192. The monoisotopic (exact) mass is 580 g/mol. The molecule has 1 aliphatic heterocycles. The first-order valence-electron chi connectivity index (χ1n) is 13.7. The number of hydrogen-bond acceptors (Lipinski definition) is 9. The number of anilines is 2. The van der Waals surface area contributed by atoms with Gasteiger partial charge in [0.15, 0.2) is 5.82 Å². The van der Waals surface area contributed by atoms with Gasteiger partial charge in [0.2, 0.25) is 5.88 Å². The Balaban J connectivity index is 2.02. The Morgan fingerprint density at radius 2 is 1.95 bits per heavy atom. The molecule has 1 fully saturated rings. The van der Waals surface area contributed by atoms with E-state index in [0.29, 0.717) is 19.6 Å². The lowest BCUT2D eigenvalue weighted by molar-refractivity contribution is -0.00863. The van der Waals surface area contributed by atoms with Gasteiger partial charge < -0.3 is 31.0 Å². The van der Waals surface area contributed by atoms with E-state index in [0.717, 1.165) is 12.5 Å². The van der Waals surface area contributed by atoms with Crippen molar-refractivity contribution < 1.29 is 31.8 Å². The number of alkyl halides is 2. The summed E-state index contributed by atoms with van der Waals surface area (Å²) < 4.78 is 79.1. The first-order valence-corrected chi connectivity index (χ1v) is 13.7. The number of nitrogen functional groups attached to an aromatic ring is 1. The van der Waals surface area contributed by atoms with Crippen LogP contribution < -0.4 is 26.3 Å². The maximum Gasteiger partial charge on any atom is 0.319 e. The van der Waals surface area contributed by atoms with Crippen LogP contribution in [0.15, 0.2) is 6.07 Å². The lowest BCUT2D eigenvalue weighted by atomic mass is 9.91. The van der Waals surface area contributed by atoms with Crippen molar-refractivity contribution in [3.05, 3.63) is 28.8 Å². The highest BCUT2D eigenvalue weighted by Gasteiger charge is 2.37. The SMILES string of the molecule is CCC(C)Oc1nc(-c2cc(N)c(F)c(C)c2C(F)(F)CC)c(F)c2nc(OCC3CCOC3)nc(NCCN)c12. The summed E-state index contributed by atoms with van der Waals surface area (Å²) in [5.41, 5.74) is 8.87. The highest BCUT2D eigenvalue weighted by molar-refractivity contribution is 5.96. The van der Waals surface area contributed by atoms with Gasteiger partial charge in [-0.05, 0) is 38.3 Å². The molecule has 1 aromatic carbocycles. The smallest absolute Gasteiger partial charge is 0.319 e. The molecule has 3 heterocycles. The van der Waals surface area contributed by atoms with Crippen LogP contribution in [0.25, 0.3) is 22.2 Å². The van der Waals surface area contributed by atoms with Crippen LogP contribution in [0.5, 0.6) is 11.9 Å². The number of nitrogens with zero attached hydrogens (tertiary/aromatic N) is 3. The molecule has 0 bridgehead atoms. The van der Waals surface area contributed by atoms with Crippen molar-refractivity contribution in [2.75, 3.05) is 44.0 Å². The van der Waals surface area contributed by atoms with Crippen molar-refractivity contribution in [3.63, 3.8) is 0 Å². The minimum Gasteiger partial charge on any atom is -0.474 e. The predicted octanol–water partition coefficient (Wildman–Crippen LogP) is 5.33. The van der Waals surface area contributed by atoms with Gasteiger partial charge in [0.25, 0.3) is 5.92 Å². The molecular formula is C28H36F4N6O3. The third-order valence-electron chi connectivity index (χ3n) is 7.12. The zero-order valence-corrected chi connectivity index (χ0v) is 23.6. The fourth-order valence-corrected chi connectivity index (χ4v) is 4.60. The number of nitrogens with one attached hydrogen (secondary N) is 1. The van der Waals surface area contributed by atoms with Crippen LogP contribution in [0.3, 0.4) is 0 Å². The Labute approximate surface area is 236 Å². The van der Waals surface area contributed by atoms with Gasteiger partial charge in [0, 0.05) is 43.2 Å². The second-order valence-electron chi connectivity index (χ2n) is 10.1. The maximum absolute atomic E-state index is 16.5. The molecule has 224 valence electrons. The summed E-state index contributed by atoms with van der Waals surface area (Å²) >= 11 is 0. The summed E-state index contributed by atoms with van der Waals surface area (Å²) in [7, 11) is 0. The molecule has 0 aliphatic carbocycles. The van der Waals surface area contributed by atoms with Crippen LogP contribution in [0, 0.1) is 24.5 Å². The minimum absolute atomic E-state index is 0.0900. The highest BCUT2D eigenvalue weighted by Crippen LogP contribution is 2.45. The topological polar surface area (TPSA) is 130 Å². The Bertz CT molecular complexity index is 1400. The fourth-order valence-electron chi connectivity index (χ4n) is 4.60. The predicted molar refractivity (Wildman–Crippen MR) is 148 cm³/mol. The van der Waals surface area contributed by atoms with Gasteiger partial charge in [-0.3, -0.25) is 0 Å². The van der Waals surface area contributed by atoms with Crippen LogP contribution in [0.2, 0.25) is 0 Å². The van der Waals surface area contributed by atoms with Crippen molar-refractivity contribution in [1.29, 1.82) is 0 Å². The van der Waals surface area contributed by atoms with E-state index in [1.165, 1.54) is 13.8 Å². The Kier molecular flexibility index (Phi) is 9.37. The second-order valence-corrected chi connectivity index (χ2v) is 10.1. The van der Waals surface area contributed by atoms with Crippen LogP contribution in [-0.2, 0) is 10.7 Å². The molecule has 2 atom stereocenters. The first-order chi connectivity index (χ1) is 19.5. The summed E-state index contributed by atoms with van der Waals surface area (Å²) in [6.45, 7) is 7.96. The molecule has 4 rings (SSSR count). The van der Waals surface area contributed by atoms with E-state index in [1.54, 1.807) is 6.92 Å². The lowest BCUT2D eigenvalue weighted by Gasteiger charge is -2.24. The van der Waals surface area contributed by atoms with Crippen LogP contribution in [0.4, 0.5) is 29.1 Å². The average Bonchev–Trinajstić information content (AvgIpc) is 3.48. The number of ether oxygens (including phenoxy) is 3. The summed E-state index contributed by atoms with van der Waals surface area (Å²) in [5.74, 6) is -5.37. The molecule has 41 heavy (non-hydrogen) atoms. The van der Waals surface area contributed by atoms with E-state index in [1.807, 2.05) is 6.92 Å². The molecule has 2 aromatic heterocycles. The van der Waals surface area contributed by atoms with Gasteiger partial charge >= 0.3 is 6.01 Å². The normalized spacial score (nSPS) is 16.3. The largest absolute Gasteiger partial charge is 0.474 e. The van der Waals surface area contributed by atoms with Gasteiger partial charge in [-0.2, -0.15) is 9.97 Å². The number of halogens is 4. The molecule has 1 saturated heterocycles. The zero-order chi connectivity index (χ0) is 29.9. The van der Waals surface area contributed by atoms with Gasteiger partial charge in [-0.25, -0.2) is 22.5 Å². The number of nitrogens with two attached hydrogens (primary N) is 2. The van der Waals surface area contributed by atoms with E-state index in [-0.39, 0.29) is 65.9 Å². The number of fused-ring (bicyclic) bond motifs is 1. The first kappa shape index (κ1) is 30.5. The molecule has 13 heteroatoms. The molecule has 1 aliphatic rings. The van der Waals surface area contributed by atoms with Crippen LogP contribution in [0.1, 0.15) is 51.2 Å². The Morgan fingerprint density at radius 1 is 1.20 bits per heavy atom. The molecule has 3 aromatic rings. The molecule has 9 nitrogen and oxygen atoms in total. The van der Waals surface area contributed by atoms with E-state index < -0.39 is 46.5 Å². The van der Waals surface area contributed by atoms with Gasteiger partial charge in [0.1, 0.15) is 28.2 Å². The van der Waals surface area contributed by atoms with Crippen molar-refractivity contribution in [2.24, 2.45) is 11.7 Å². The Morgan fingerprint density at radius 3 is 2.59 bits per heavy atom. The van der Waals surface area contributed by atoms with E-state index in [9.17, 15) is 4.39 Å². The third-order valence-corrected chi connectivity index (χ3v) is 7.12. The number of pyridine rings is 1. The highest BCUT2D eigenvalue weighted by atomic mass is 19.3.